The monoisotopic (exact) mass is 207 g/mol. The standard InChI is InChI=1S/C4H7NO3.C4H11P/c1-3(6)5-2-4(7)8;1-2-3-4-5/h2H2,1H3,(H,5,6)(H,7,8);2-5H2,1H3. The van der Waals surface area contributed by atoms with Gasteiger partial charge in [0.25, 0.3) is 0 Å². The third-order valence-corrected chi connectivity index (χ3v) is 1.45. The summed E-state index contributed by atoms with van der Waals surface area (Å²) in [5.41, 5.74) is 0. The summed E-state index contributed by atoms with van der Waals surface area (Å²) in [5.74, 6) is -1.35. The van der Waals surface area contributed by atoms with Crippen LogP contribution in [0.25, 0.3) is 0 Å². The summed E-state index contributed by atoms with van der Waals surface area (Å²) in [7, 11) is 2.70. The van der Waals surface area contributed by atoms with Gasteiger partial charge in [0, 0.05) is 6.92 Å². The Morgan fingerprint density at radius 1 is 1.46 bits per heavy atom. The number of nitrogens with one attached hydrogen (secondary N) is 1. The molecule has 1 atom stereocenters. The minimum absolute atomic E-state index is 0.296. The molecule has 0 radical (unpaired) electrons. The Bertz CT molecular complexity index is 134. The number of hydrogen-bond donors (Lipinski definition) is 2. The average molecular weight is 207 g/mol. The molecular weight excluding hydrogens is 189 g/mol. The molecule has 13 heavy (non-hydrogen) atoms. The minimum atomic E-state index is -1.03. The molecule has 0 saturated heterocycles. The number of aliphatic carboxylic acids is 1. The summed E-state index contributed by atoms with van der Waals surface area (Å²) in [6.07, 6.45) is 3.94. The molecule has 4 nitrogen and oxygen atoms in total. The van der Waals surface area contributed by atoms with Crippen molar-refractivity contribution in [3.05, 3.63) is 0 Å². The van der Waals surface area contributed by atoms with E-state index in [-0.39, 0.29) is 12.5 Å². The minimum Gasteiger partial charge on any atom is -0.480 e. The third-order valence-electron chi connectivity index (χ3n) is 1.05. The summed E-state index contributed by atoms with van der Waals surface area (Å²) in [4.78, 5) is 19.7. The third kappa shape index (κ3) is 24.6. The predicted molar refractivity (Wildman–Crippen MR) is 55.8 cm³/mol. The molecule has 78 valence electrons. The number of unbranched alkanes of at least 4 members (excludes halogenated alkanes) is 1. The zero-order valence-electron chi connectivity index (χ0n) is 8.17. The fourth-order valence-corrected chi connectivity index (χ4v) is 0.812. The van der Waals surface area contributed by atoms with Crippen molar-refractivity contribution in [1.82, 2.24) is 5.32 Å². The molecule has 1 unspecified atom stereocenters. The number of carbonyl (C=O) groups is 2. The number of rotatable bonds is 4. The van der Waals surface area contributed by atoms with E-state index in [0.29, 0.717) is 0 Å². The largest absolute Gasteiger partial charge is 0.480 e. The van der Waals surface area contributed by atoms with E-state index >= 15 is 0 Å². The molecule has 0 saturated carbocycles. The first-order valence-electron chi connectivity index (χ1n) is 4.20. The van der Waals surface area contributed by atoms with Crippen LogP contribution in [0.2, 0.25) is 0 Å². The molecule has 0 heterocycles. The highest BCUT2D eigenvalue weighted by molar-refractivity contribution is 7.16. The second-order valence-corrected chi connectivity index (χ2v) is 3.02. The van der Waals surface area contributed by atoms with Crippen molar-refractivity contribution in [3.8, 4) is 0 Å². The van der Waals surface area contributed by atoms with Crippen molar-refractivity contribution >= 4 is 21.1 Å². The molecule has 0 aliphatic carbocycles. The molecule has 0 spiro atoms. The van der Waals surface area contributed by atoms with Crippen LogP contribution in [0.5, 0.6) is 0 Å². The van der Waals surface area contributed by atoms with Crippen molar-refractivity contribution < 1.29 is 14.7 Å². The number of amides is 1. The Morgan fingerprint density at radius 2 is 2.00 bits per heavy atom. The smallest absolute Gasteiger partial charge is 0.322 e. The highest BCUT2D eigenvalue weighted by Gasteiger charge is 1.94. The maximum Gasteiger partial charge on any atom is 0.322 e. The van der Waals surface area contributed by atoms with Gasteiger partial charge in [0.1, 0.15) is 6.54 Å². The van der Waals surface area contributed by atoms with Crippen LogP contribution >= 0.6 is 9.24 Å². The fraction of sp³-hybridized carbons (Fsp3) is 0.750. The van der Waals surface area contributed by atoms with E-state index < -0.39 is 5.97 Å². The molecule has 0 aromatic carbocycles. The summed E-state index contributed by atoms with van der Waals surface area (Å²) < 4.78 is 0. The highest BCUT2D eigenvalue weighted by Crippen LogP contribution is 1.89. The van der Waals surface area contributed by atoms with Crippen molar-refractivity contribution in [2.45, 2.75) is 26.7 Å². The fourth-order valence-electron chi connectivity index (χ4n) is 0.404. The van der Waals surface area contributed by atoms with Crippen molar-refractivity contribution in [3.63, 3.8) is 0 Å². The SMILES string of the molecule is CC(=O)NCC(=O)O.CCCCP. The van der Waals surface area contributed by atoms with Crippen LogP contribution in [-0.2, 0) is 9.59 Å². The van der Waals surface area contributed by atoms with E-state index in [1.54, 1.807) is 0 Å². The van der Waals surface area contributed by atoms with Crippen LogP contribution in [0.4, 0.5) is 0 Å². The number of carboxylic acids is 1. The molecule has 0 rings (SSSR count). The van der Waals surface area contributed by atoms with Gasteiger partial charge in [-0.2, -0.15) is 0 Å². The van der Waals surface area contributed by atoms with Gasteiger partial charge in [-0.15, -0.1) is 9.24 Å². The zero-order chi connectivity index (χ0) is 10.7. The molecule has 0 bridgehead atoms. The molecular formula is C8H18NO3P. The Labute approximate surface area is 81.3 Å². The van der Waals surface area contributed by atoms with E-state index in [1.165, 1.54) is 25.9 Å². The van der Waals surface area contributed by atoms with Gasteiger partial charge in [-0.1, -0.05) is 19.8 Å². The van der Waals surface area contributed by atoms with Crippen LogP contribution in [0, 0.1) is 0 Å². The zero-order valence-corrected chi connectivity index (χ0v) is 9.32. The second-order valence-electron chi connectivity index (χ2n) is 2.45. The van der Waals surface area contributed by atoms with Crippen molar-refractivity contribution in [2.24, 2.45) is 0 Å². The Kier molecular flexibility index (Phi) is 13.0. The van der Waals surface area contributed by atoms with E-state index in [1.807, 2.05) is 0 Å². The molecule has 0 aliphatic rings. The number of carboxylic acid groups (broad SMARTS) is 1. The van der Waals surface area contributed by atoms with Gasteiger partial charge in [-0.05, 0) is 6.16 Å². The van der Waals surface area contributed by atoms with Gasteiger partial charge in [0.05, 0.1) is 0 Å². The van der Waals surface area contributed by atoms with Gasteiger partial charge in [0.15, 0.2) is 0 Å². The van der Waals surface area contributed by atoms with E-state index in [0.717, 1.165) is 0 Å². The molecule has 0 aromatic rings. The lowest BCUT2D eigenvalue weighted by atomic mass is 10.4. The van der Waals surface area contributed by atoms with Crippen LogP contribution in [0.15, 0.2) is 0 Å². The Morgan fingerprint density at radius 3 is 2.08 bits per heavy atom. The summed E-state index contributed by atoms with van der Waals surface area (Å²) in [6.45, 7) is 3.17. The summed E-state index contributed by atoms with van der Waals surface area (Å²) >= 11 is 0. The lowest BCUT2D eigenvalue weighted by molar-refractivity contribution is -0.137. The maximum atomic E-state index is 9.97. The van der Waals surface area contributed by atoms with Crippen molar-refractivity contribution in [1.29, 1.82) is 0 Å². The molecule has 0 fully saturated rings. The number of hydrogen-bond acceptors (Lipinski definition) is 2. The van der Waals surface area contributed by atoms with E-state index in [9.17, 15) is 9.59 Å². The van der Waals surface area contributed by atoms with Gasteiger partial charge in [-0.25, -0.2) is 0 Å². The van der Waals surface area contributed by atoms with E-state index in [4.69, 9.17) is 5.11 Å². The Balaban J connectivity index is 0. The molecule has 2 N–H and O–H groups in total. The molecule has 0 aromatic heterocycles. The maximum absolute atomic E-state index is 9.97. The first kappa shape index (κ1) is 14.9. The summed E-state index contributed by atoms with van der Waals surface area (Å²) in [6, 6.07) is 0. The van der Waals surface area contributed by atoms with E-state index in [2.05, 4.69) is 21.5 Å². The molecule has 0 aliphatic heterocycles. The highest BCUT2D eigenvalue weighted by atomic mass is 31.0. The quantitative estimate of drug-likeness (QED) is 0.672. The van der Waals surface area contributed by atoms with Gasteiger partial charge in [-0.3, -0.25) is 9.59 Å². The van der Waals surface area contributed by atoms with Gasteiger partial charge >= 0.3 is 5.97 Å². The number of carbonyl (C=O) groups excluding carboxylic acids is 1. The molecule has 5 heteroatoms. The van der Waals surface area contributed by atoms with Crippen LogP contribution in [0.1, 0.15) is 26.7 Å². The first-order valence-corrected chi connectivity index (χ1v) is 5.02. The lowest BCUT2D eigenvalue weighted by Crippen LogP contribution is -2.26. The second kappa shape index (κ2) is 11.4. The first-order chi connectivity index (χ1) is 6.04. The van der Waals surface area contributed by atoms with Gasteiger partial charge < -0.3 is 10.4 Å². The Hall–Kier alpha value is -0.630. The topological polar surface area (TPSA) is 66.4 Å². The normalized spacial score (nSPS) is 8.23. The van der Waals surface area contributed by atoms with Crippen LogP contribution < -0.4 is 5.32 Å². The van der Waals surface area contributed by atoms with Gasteiger partial charge in [0.2, 0.25) is 5.91 Å². The summed E-state index contributed by atoms with van der Waals surface area (Å²) in [5, 5.41) is 10.1. The lowest BCUT2D eigenvalue weighted by Gasteiger charge is -1.92. The van der Waals surface area contributed by atoms with Crippen LogP contribution in [-0.4, -0.2) is 29.7 Å². The average Bonchev–Trinajstić information content (AvgIpc) is 2.03. The molecule has 1 amide bonds. The van der Waals surface area contributed by atoms with Crippen molar-refractivity contribution in [2.75, 3.05) is 12.7 Å². The predicted octanol–water partition coefficient (Wildman–Crippen LogP) is 0.869. The van der Waals surface area contributed by atoms with Crippen LogP contribution in [0.3, 0.4) is 0 Å².